The Balaban J connectivity index is 1.72. The van der Waals surface area contributed by atoms with Crippen LogP contribution in [0.3, 0.4) is 0 Å². The number of nitrogens with two attached hydrogens (primary N) is 1. The molecule has 0 unspecified atom stereocenters. The van der Waals surface area contributed by atoms with Gasteiger partial charge in [0.25, 0.3) is 5.91 Å². The fourth-order valence-corrected chi connectivity index (χ4v) is 3.42. The quantitative estimate of drug-likeness (QED) is 0.854. The third kappa shape index (κ3) is 3.06. The molecular formula is C15H18N4OS. The zero-order valence-electron chi connectivity index (χ0n) is 11.9. The number of fused-ring (bicyclic) bond motifs is 1. The first-order valence-electron chi connectivity index (χ1n) is 7.03. The third-order valence-electron chi connectivity index (χ3n) is 3.65. The van der Waals surface area contributed by atoms with E-state index in [0.717, 1.165) is 31.7 Å². The van der Waals surface area contributed by atoms with E-state index in [1.807, 2.05) is 0 Å². The zero-order chi connectivity index (χ0) is 14.8. The topological polar surface area (TPSA) is 71.2 Å². The SMILES string of the molecule is CCN1CCc2nc(NC(=O)c3ccc(N)cc3)sc2C1. The summed E-state index contributed by atoms with van der Waals surface area (Å²) in [5.74, 6) is -0.145. The predicted octanol–water partition coefficient (Wildman–Crippen LogP) is 2.36. The van der Waals surface area contributed by atoms with Gasteiger partial charge in [-0.2, -0.15) is 0 Å². The van der Waals surface area contributed by atoms with Crippen molar-refractivity contribution in [1.29, 1.82) is 0 Å². The number of likely N-dealkylation sites (N-methyl/N-ethyl adjacent to an activating group) is 1. The normalized spacial score (nSPS) is 14.7. The summed E-state index contributed by atoms with van der Waals surface area (Å²) < 4.78 is 0. The van der Waals surface area contributed by atoms with Crippen molar-refractivity contribution < 1.29 is 4.79 Å². The van der Waals surface area contributed by atoms with Crippen molar-refractivity contribution in [3.8, 4) is 0 Å². The van der Waals surface area contributed by atoms with Crippen LogP contribution in [0, 0.1) is 0 Å². The van der Waals surface area contributed by atoms with Crippen molar-refractivity contribution in [2.24, 2.45) is 0 Å². The molecule has 2 heterocycles. The highest BCUT2D eigenvalue weighted by atomic mass is 32.1. The van der Waals surface area contributed by atoms with Crippen LogP contribution in [0.5, 0.6) is 0 Å². The second-order valence-electron chi connectivity index (χ2n) is 5.08. The van der Waals surface area contributed by atoms with Crippen molar-refractivity contribution in [2.45, 2.75) is 19.9 Å². The largest absolute Gasteiger partial charge is 0.399 e. The number of benzene rings is 1. The average molecular weight is 302 g/mol. The summed E-state index contributed by atoms with van der Waals surface area (Å²) in [7, 11) is 0. The minimum Gasteiger partial charge on any atom is -0.399 e. The van der Waals surface area contributed by atoms with Gasteiger partial charge in [0.05, 0.1) is 5.69 Å². The molecule has 6 heteroatoms. The number of amides is 1. The number of hydrogen-bond acceptors (Lipinski definition) is 5. The Morgan fingerprint density at radius 1 is 1.43 bits per heavy atom. The van der Waals surface area contributed by atoms with Gasteiger partial charge in [-0.15, -0.1) is 11.3 Å². The highest BCUT2D eigenvalue weighted by Crippen LogP contribution is 2.28. The fraction of sp³-hybridized carbons (Fsp3) is 0.333. The second-order valence-corrected chi connectivity index (χ2v) is 6.17. The van der Waals surface area contributed by atoms with Gasteiger partial charge in [0.15, 0.2) is 5.13 Å². The summed E-state index contributed by atoms with van der Waals surface area (Å²) in [5, 5.41) is 3.56. The van der Waals surface area contributed by atoms with E-state index in [0.29, 0.717) is 16.4 Å². The molecule has 0 atom stereocenters. The molecule has 1 aromatic heterocycles. The highest BCUT2D eigenvalue weighted by molar-refractivity contribution is 7.15. The van der Waals surface area contributed by atoms with Crippen LogP contribution in [0.4, 0.5) is 10.8 Å². The van der Waals surface area contributed by atoms with Gasteiger partial charge < -0.3 is 5.73 Å². The molecule has 0 saturated carbocycles. The summed E-state index contributed by atoms with van der Waals surface area (Å²) >= 11 is 1.57. The Hall–Kier alpha value is -1.92. The number of carbonyl (C=O) groups excluding carboxylic acids is 1. The van der Waals surface area contributed by atoms with Gasteiger partial charge in [0.1, 0.15) is 0 Å². The van der Waals surface area contributed by atoms with E-state index in [1.165, 1.54) is 4.88 Å². The van der Waals surface area contributed by atoms with E-state index in [4.69, 9.17) is 5.73 Å². The minimum absolute atomic E-state index is 0.145. The molecule has 0 radical (unpaired) electrons. The van der Waals surface area contributed by atoms with Crippen molar-refractivity contribution in [3.05, 3.63) is 40.4 Å². The van der Waals surface area contributed by atoms with Gasteiger partial charge in [0.2, 0.25) is 0 Å². The van der Waals surface area contributed by atoms with Crippen LogP contribution in [-0.4, -0.2) is 28.9 Å². The lowest BCUT2D eigenvalue weighted by Crippen LogP contribution is -2.29. The zero-order valence-corrected chi connectivity index (χ0v) is 12.7. The van der Waals surface area contributed by atoms with E-state index in [1.54, 1.807) is 35.6 Å². The van der Waals surface area contributed by atoms with Crippen LogP contribution in [0.1, 0.15) is 27.9 Å². The number of rotatable bonds is 3. The van der Waals surface area contributed by atoms with E-state index < -0.39 is 0 Å². The molecule has 0 spiro atoms. The molecule has 5 nitrogen and oxygen atoms in total. The van der Waals surface area contributed by atoms with Gasteiger partial charge in [-0.25, -0.2) is 4.98 Å². The first kappa shape index (κ1) is 14.0. The summed E-state index contributed by atoms with van der Waals surface area (Å²) in [6.45, 7) is 5.18. The fourth-order valence-electron chi connectivity index (χ4n) is 2.38. The number of thiazole rings is 1. The Labute approximate surface area is 127 Å². The first-order chi connectivity index (χ1) is 10.2. The van der Waals surface area contributed by atoms with Gasteiger partial charge in [-0.3, -0.25) is 15.0 Å². The van der Waals surface area contributed by atoms with Gasteiger partial charge in [0, 0.05) is 35.6 Å². The van der Waals surface area contributed by atoms with Crippen molar-refractivity contribution in [1.82, 2.24) is 9.88 Å². The van der Waals surface area contributed by atoms with E-state index >= 15 is 0 Å². The number of hydrogen-bond donors (Lipinski definition) is 2. The highest BCUT2D eigenvalue weighted by Gasteiger charge is 2.20. The molecule has 3 rings (SSSR count). The van der Waals surface area contributed by atoms with Crippen LogP contribution in [0.15, 0.2) is 24.3 Å². The Kier molecular flexibility index (Phi) is 3.90. The predicted molar refractivity (Wildman–Crippen MR) is 85.6 cm³/mol. The lowest BCUT2D eigenvalue weighted by molar-refractivity contribution is 0.102. The molecule has 110 valence electrons. The molecule has 1 aromatic carbocycles. The number of nitrogen functional groups attached to an aromatic ring is 1. The van der Waals surface area contributed by atoms with Crippen molar-refractivity contribution >= 4 is 28.1 Å². The average Bonchev–Trinajstić information content (AvgIpc) is 2.88. The number of nitrogens with zero attached hydrogens (tertiary/aromatic N) is 2. The maximum Gasteiger partial charge on any atom is 0.257 e. The van der Waals surface area contributed by atoms with E-state index in [-0.39, 0.29) is 5.91 Å². The van der Waals surface area contributed by atoms with Crippen LogP contribution in [0.25, 0.3) is 0 Å². The monoisotopic (exact) mass is 302 g/mol. The lowest BCUT2D eigenvalue weighted by Gasteiger charge is -2.23. The van der Waals surface area contributed by atoms with Gasteiger partial charge in [-0.05, 0) is 30.8 Å². The van der Waals surface area contributed by atoms with Crippen LogP contribution < -0.4 is 11.1 Å². The number of carbonyl (C=O) groups is 1. The summed E-state index contributed by atoms with van der Waals surface area (Å²) in [5.41, 5.74) is 7.99. The smallest absolute Gasteiger partial charge is 0.257 e. The lowest BCUT2D eigenvalue weighted by atomic mass is 10.2. The van der Waals surface area contributed by atoms with Crippen LogP contribution >= 0.6 is 11.3 Å². The Bertz CT molecular complexity index is 650. The standard InChI is InChI=1S/C15H18N4OS/c1-2-19-8-7-12-13(9-19)21-15(17-12)18-14(20)10-3-5-11(16)6-4-10/h3-6H,2,7-9,16H2,1H3,(H,17,18,20). The van der Waals surface area contributed by atoms with Gasteiger partial charge in [-0.1, -0.05) is 6.92 Å². The molecule has 1 aliphatic rings. The Morgan fingerprint density at radius 2 is 2.19 bits per heavy atom. The third-order valence-corrected chi connectivity index (χ3v) is 4.65. The van der Waals surface area contributed by atoms with Crippen molar-refractivity contribution in [3.63, 3.8) is 0 Å². The number of nitrogens with one attached hydrogen (secondary N) is 1. The molecule has 1 amide bonds. The number of aromatic nitrogens is 1. The number of anilines is 2. The minimum atomic E-state index is -0.145. The molecule has 0 aliphatic carbocycles. The molecule has 21 heavy (non-hydrogen) atoms. The second kappa shape index (κ2) is 5.83. The molecular weight excluding hydrogens is 284 g/mol. The maximum atomic E-state index is 12.2. The van der Waals surface area contributed by atoms with E-state index in [2.05, 4.69) is 22.1 Å². The Morgan fingerprint density at radius 3 is 2.90 bits per heavy atom. The molecule has 3 N–H and O–H groups in total. The molecule has 1 aliphatic heterocycles. The van der Waals surface area contributed by atoms with Crippen LogP contribution in [-0.2, 0) is 13.0 Å². The molecule has 0 bridgehead atoms. The van der Waals surface area contributed by atoms with E-state index in [9.17, 15) is 4.79 Å². The maximum absolute atomic E-state index is 12.2. The first-order valence-corrected chi connectivity index (χ1v) is 7.85. The molecule has 0 fully saturated rings. The summed E-state index contributed by atoms with van der Waals surface area (Å²) in [6.07, 6.45) is 0.956. The van der Waals surface area contributed by atoms with Crippen molar-refractivity contribution in [2.75, 3.05) is 24.1 Å². The summed E-state index contributed by atoms with van der Waals surface area (Å²) in [4.78, 5) is 20.3. The molecule has 0 saturated heterocycles. The summed E-state index contributed by atoms with van der Waals surface area (Å²) in [6, 6.07) is 6.88. The molecule has 2 aromatic rings. The van der Waals surface area contributed by atoms with Crippen LogP contribution in [0.2, 0.25) is 0 Å². The van der Waals surface area contributed by atoms with Gasteiger partial charge >= 0.3 is 0 Å².